The Balaban J connectivity index is 2.05. The minimum atomic E-state index is -0.386. The summed E-state index contributed by atoms with van der Waals surface area (Å²) in [6, 6.07) is 1.53. The van der Waals surface area contributed by atoms with E-state index in [2.05, 4.69) is 20.7 Å². The average Bonchev–Trinajstić information content (AvgIpc) is 2.86. The number of carbonyl (C=O) groups is 2. The number of carbonyl (C=O) groups excluding carboxylic acids is 2. The molecule has 104 valence electrons. The van der Waals surface area contributed by atoms with E-state index in [4.69, 9.17) is 11.6 Å². The Morgan fingerprint density at radius 2 is 2.20 bits per heavy atom. The first-order valence-corrected chi connectivity index (χ1v) is 6.12. The highest BCUT2D eigenvalue weighted by atomic mass is 35.5. The van der Waals surface area contributed by atoms with Gasteiger partial charge in [-0.25, -0.2) is 0 Å². The zero-order valence-corrected chi connectivity index (χ0v) is 11.4. The molecule has 20 heavy (non-hydrogen) atoms. The molecule has 7 nitrogen and oxygen atoms in total. The number of nitrogens with zero attached hydrogens (tertiary/aromatic N) is 3. The lowest BCUT2D eigenvalue weighted by molar-refractivity contribution is -0.121. The van der Waals surface area contributed by atoms with Crippen molar-refractivity contribution in [2.45, 2.75) is 6.54 Å². The van der Waals surface area contributed by atoms with Gasteiger partial charge >= 0.3 is 0 Å². The van der Waals surface area contributed by atoms with E-state index >= 15 is 0 Å². The van der Waals surface area contributed by atoms with E-state index in [1.54, 1.807) is 13.2 Å². The molecule has 2 aromatic rings. The summed E-state index contributed by atoms with van der Waals surface area (Å²) in [6.45, 7) is 0.0834. The second-order valence-electron chi connectivity index (χ2n) is 3.91. The highest BCUT2D eigenvalue weighted by molar-refractivity contribution is 6.34. The molecule has 8 heteroatoms. The molecule has 0 aliphatic rings. The van der Waals surface area contributed by atoms with Crippen LogP contribution in [-0.4, -0.2) is 33.6 Å². The maximum absolute atomic E-state index is 12.0. The van der Waals surface area contributed by atoms with Gasteiger partial charge in [-0.05, 0) is 6.07 Å². The zero-order chi connectivity index (χ0) is 14.5. The number of aromatic nitrogens is 3. The predicted molar refractivity (Wildman–Crippen MR) is 73.5 cm³/mol. The van der Waals surface area contributed by atoms with Crippen LogP contribution in [0.1, 0.15) is 10.4 Å². The van der Waals surface area contributed by atoms with Gasteiger partial charge in [-0.2, -0.15) is 5.10 Å². The predicted octanol–water partition coefficient (Wildman–Crippen LogP) is 0.930. The van der Waals surface area contributed by atoms with Gasteiger partial charge in [0.2, 0.25) is 5.91 Å². The van der Waals surface area contributed by atoms with Crippen LogP contribution in [0.3, 0.4) is 0 Å². The summed E-state index contributed by atoms with van der Waals surface area (Å²) in [4.78, 5) is 27.0. The normalized spacial score (nSPS) is 10.1. The molecule has 0 atom stereocenters. The van der Waals surface area contributed by atoms with E-state index < -0.39 is 0 Å². The van der Waals surface area contributed by atoms with Gasteiger partial charge in [0, 0.05) is 25.6 Å². The maximum Gasteiger partial charge on any atom is 0.258 e. The van der Waals surface area contributed by atoms with Crippen molar-refractivity contribution in [2.24, 2.45) is 0 Å². The van der Waals surface area contributed by atoms with E-state index in [0.29, 0.717) is 10.7 Å². The van der Waals surface area contributed by atoms with E-state index in [1.165, 1.54) is 29.3 Å². The maximum atomic E-state index is 12.0. The number of amides is 2. The first kappa shape index (κ1) is 14.0. The van der Waals surface area contributed by atoms with Crippen molar-refractivity contribution in [3.8, 4) is 0 Å². The summed E-state index contributed by atoms with van der Waals surface area (Å²) in [5.41, 5.74) is 0.743. The number of halogens is 1. The quantitative estimate of drug-likeness (QED) is 0.877. The summed E-state index contributed by atoms with van der Waals surface area (Å²) < 4.78 is 1.42. The van der Waals surface area contributed by atoms with Crippen molar-refractivity contribution in [1.29, 1.82) is 0 Å². The zero-order valence-electron chi connectivity index (χ0n) is 10.6. The summed E-state index contributed by atoms with van der Waals surface area (Å²) in [6.07, 6.45) is 5.88. The Morgan fingerprint density at radius 3 is 2.90 bits per heavy atom. The van der Waals surface area contributed by atoms with Crippen molar-refractivity contribution < 1.29 is 9.59 Å². The molecule has 0 bridgehead atoms. The van der Waals surface area contributed by atoms with Crippen molar-refractivity contribution in [1.82, 2.24) is 20.1 Å². The Morgan fingerprint density at radius 1 is 1.40 bits per heavy atom. The van der Waals surface area contributed by atoms with Crippen LogP contribution in [0.25, 0.3) is 0 Å². The number of rotatable bonds is 4. The van der Waals surface area contributed by atoms with Crippen molar-refractivity contribution in [2.75, 3.05) is 12.4 Å². The number of likely N-dealkylation sites (N-methyl/N-ethyl adjacent to an activating group) is 1. The molecule has 0 aliphatic heterocycles. The fourth-order valence-corrected chi connectivity index (χ4v) is 1.67. The van der Waals surface area contributed by atoms with Crippen LogP contribution < -0.4 is 10.6 Å². The molecule has 0 saturated carbocycles. The van der Waals surface area contributed by atoms with Gasteiger partial charge in [0.25, 0.3) is 5.91 Å². The molecule has 2 aromatic heterocycles. The molecule has 0 unspecified atom stereocenters. The monoisotopic (exact) mass is 293 g/mol. The molecule has 2 amide bonds. The molecule has 0 spiro atoms. The largest absolute Gasteiger partial charge is 0.358 e. The van der Waals surface area contributed by atoms with Gasteiger partial charge in [0.1, 0.15) is 6.54 Å². The van der Waals surface area contributed by atoms with Crippen molar-refractivity contribution in [3.05, 3.63) is 41.4 Å². The highest BCUT2D eigenvalue weighted by Gasteiger charge is 2.11. The van der Waals surface area contributed by atoms with E-state index in [-0.39, 0.29) is 23.9 Å². The lowest BCUT2D eigenvalue weighted by atomic mass is 10.2. The number of hydrogen-bond donors (Lipinski definition) is 2. The van der Waals surface area contributed by atoms with Crippen LogP contribution in [0, 0.1) is 0 Å². The minimum Gasteiger partial charge on any atom is -0.358 e. The smallest absolute Gasteiger partial charge is 0.258 e. The number of pyridine rings is 1. The third kappa shape index (κ3) is 3.33. The number of anilines is 1. The Hall–Kier alpha value is -2.41. The summed E-state index contributed by atoms with van der Waals surface area (Å²) in [5.74, 6) is -0.566. The SMILES string of the molecule is CNC(=O)Cn1cc(NC(=O)c2cnccc2Cl)cn1. The minimum absolute atomic E-state index is 0.0834. The summed E-state index contributed by atoms with van der Waals surface area (Å²) in [5, 5.41) is 9.40. The standard InChI is InChI=1S/C12H12ClN5O2/c1-14-11(19)7-18-6-8(4-16-18)17-12(20)9-5-15-3-2-10(9)13/h2-6H,7H2,1H3,(H,14,19)(H,17,20). The lowest BCUT2D eigenvalue weighted by Crippen LogP contribution is -2.23. The van der Waals surface area contributed by atoms with Crippen LogP contribution in [-0.2, 0) is 11.3 Å². The van der Waals surface area contributed by atoms with Crippen LogP contribution in [0.2, 0.25) is 5.02 Å². The summed E-state index contributed by atoms with van der Waals surface area (Å²) >= 11 is 5.90. The Bertz CT molecular complexity index is 640. The second kappa shape index (κ2) is 6.16. The average molecular weight is 294 g/mol. The fraction of sp³-hybridized carbons (Fsp3) is 0.167. The van der Waals surface area contributed by atoms with Gasteiger partial charge in [-0.3, -0.25) is 19.3 Å². The van der Waals surface area contributed by atoms with Crippen molar-refractivity contribution >= 4 is 29.1 Å². The van der Waals surface area contributed by atoms with Crippen molar-refractivity contribution in [3.63, 3.8) is 0 Å². The molecule has 0 saturated heterocycles. The fourth-order valence-electron chi connectivity index (χ4n) is 1.48. The molecular formula is C12H12ClN5O2. The van der Waals surface area contributed by atoms with E-state index in [1.807, 2.05) is 0 Å². The van der Waals surface area contributed by atoms with Gasteiger partial charge in [0.15, 0.2) is 0 Å². The molecule has 2 heterocycles. The van der Waals surface area contributed by atoms with Crippen LogP contribution >= 0.6 is 11.6 Å². The van der Waals surface area contributed by atoms with Gasteiger partial charge in [0.05, 0.1) is 22.5 Å². The number of nitrogens with one attached hydrogen (secondary N) is 2. The molecule has 0 radical (unpaired) electrons. The van der Waals surface area contributed by atoms with Crippen LogP contribution in [0.4, 0.5) is 5.69 Å². The Kier molecular flexibility index (Phi) is 4.31. The first-order chi connectivity index (χ1) is 9.60. The van der Waals surface area contributed by atoms with Gasteiger partial charge in [-0.1, -0.05) is 11.6 Å². The Labute approximate surface area is 120 Å². The molecule has 2 rings (SSSR count). The third-order valence-electron chi connectivity index (χ3n) is 2.49. The molecular weight excluding hydrogens is 282 g/mol. The van der Waals surface area contributed by atoms with Crippen LogP contribution in [0.15, 0.2) is 30.9 Å². The van der Waals surface area contributed by atoms with E-state index in [9.17, 15) is 9.59 Å². The molecule has 0 fully saturated rings. The molecule has 2 N–H and O–H groups in total. The summed E-state index contributed by atoms with van der Waals surface area (Å²) in [7, 11) is 1.54. The van der Waals surface area contributed by atoms with Gasteiger partial charge < -0.3 is 10.6 Å². The first-order valence-electron chi connectivity index (χ1n) is 5.74. The number of hydrogen-bond acceptors (Lipinski definition) is 4. The highest BCUT2D eigenvalue weighted by Crippen LogP contribution is 2.15. The second-order valence-corrected chi connectivity index (χ2v) is 4.32. The lowest BCUT2D eigenvalue weighted by Gasteiger charge is -2.03. The van der Waals surface area contributed by atoms with E-state index in [0.717, 1.165) is 0 Å². The third-order valence-corrected chi connectivity index (χ3v) is 2.82. The molecule has 0 aliphatic carbocycles. The van der Waals surface area contributed by atoms with Crippen LogP contribution in [0.5, 0.6) is 0 Å². The topological polar surface area (TPSA) is 88.9 Å². The molecule has 0 aromatic carbocycles. The van der Waals surface area contributed by atoms with Gasteiger partial charge in [-0.15, -0.1) is 0 Å².